The molecule has 108 valence electrons. The van der Waals surface area contributed by atoms with E-state index < -0.39 is 0 Å². The van der Waals surface area contributed by atoms with Crippen molar-refractivity contribution in [3.63, 3.8) is 0 Å². The van der Waals surface area contributed by atoms with Crippen molar-refractivity contribution in [2.24, 2.45) is 0 Å². The molecule has 0 aliphatic rings. The summed E-state index contributed by atoms with van der Waals surface area (Å²) in [5, 5.41) is 7.09. The highest BCUT2D eigenvalue weighted by Crippen LogP contribution is 2.37. The van der Waals surface area contributed by atoms with Crippen LogP contribution in [0.25, 0.3) is 32.3 Å². The summed E-state index contributed by atoms with van der Waals surface area (Å²) < 4.78 is 11.0. The third-order valence-electron chi connectivity index (χ3n) is 4.24. The largest absolute Gasteiger partial charge is 0.496 e. The van der Waals surface area contributed by atoms with Gasteiger partial charge in [0.25, 0.3) is 0 Å². The van der Waals surface area contributed by atoms with Crippen LogP contribution in [0, 0.1) is 0 Å². The second-order valence-corrected chi connectivity index (χ2v) is 5.38. The van der Waals surface area contributed by atoms with Crippen molar-refractivity contribution in [1.82, 2.24) is 0 Å². The van der Waals surface area contributed by atoms with Crippen LogP contribution in [-0.2, 0) is 0 Å². The maximum Gasteiger partial charge on any atom is 0.126 e. The Balaban J connectivity index is 2.21. The van der Waals surface area contributed by atoms with Gasteiger partial charge in [0.05, 0.1) is 14.2 Å². The molecule has 22 heavy (non-hydrogen) atoms. The van der Waals surface area contributed by atoms with E-state index in [1.165, 1.54) is 21.5 Å². The molecule has 0 aromatic heterocycles. The summed E-state index contributed by atoms with van der Waals surface area (Å²) in [6.07, 6.45) is 0. The zero-order chi connectivity index (χ0) is 15.1. The monoisotopic (exact) mass is 288 g/mol. The molecule has 4 aromatic rings. The lowest BCUT2D eigenvalue weighted by Crippen LogP contribution is -1.90. The Hall–Kier alpha value is -2.74. The number of methoxy groups -OCH3 is 2. The Morgan fingerprint density at radius 2 is 1.18 bits per heavy atom. The fraction of sp³-hybridized carbons (Fsp3) is 0.100. The van der Waals surface area contributed by atoms with Crippen LogP contribution in [0.2, 0.25) is 0 Å². The average Bonchev–Trinajstić information content (AvgIpc) is 2.59. The van der Waals surface area contributed by atoms with E-state index in [4.69, 9.17) is 9.47 Å². The Kier molecular flexibility index (Phi) is 2.90. The molecule has 0 radical (unpaired) electrons. The van der Waals surface area contributed by atoms with Gasteiger partial charge in [-0.3, -0.25) is 0 Å². The molecule has 0 atom stereocenters. The molecule has 0 amide bonds. The predicted octanol–water partition coefficient (Wildman–Crippen LogP) is 5.16. The first-order valence-corrected chi connectivity index (χ1v) is 7.28. The molecule has 0 saturated heterocycles. The highest BCUT2D eigenvalue weighted by molar-refractivity contribution is 6.13. The number of rotatable bonds is 2. The highest BCUT2D eigenvalue weighted by atomic mass is 16.5. The van der Waals surface area contributed by atoms with Gasteiger partial charge in [0, 0.05) is 10.8 Å². The minimum absolute atomic E-state index is 0.866. The van der Waals surface area contributed by atoms with E-state index in [0.717, 1.165) is 22.3 Å². The Morgan fingerprint density at radius 1 is 0.545 bits per heavy atom. The fourth-order valence-electron chi connectivity index (χ4n) is 3.15. The summed E-state index contributed by atoms with van der Waals surface area (Å²) in [5.41, 5.74) is 0. The smallest absolute Gasteiger partial charge is 0.126 e. The molecule has 0 N–H and O–H groups in total. The van der Waals surface area contributed by atoms with Gasteiger partial charge in [-0.15, -0.1) is 0 Å². The van der Waals surface area contributed by atoms with Crippen LogP contribution in [0.15, 0.2) is 60.7 Å². The van der Waals surface area contributed by atoms with E-state index >= 15 is 0 Å². The lowest BCUT2D eigenvalue weighted by atomic mass is 9.97. The van der Waals surface area contributed by atoms with E-state index in [2.05, 4.69) is 48.5 Å². The number of ether oxygens (including phenoxy) is 2. The van der Waals surface area contributed by atoms with Crippen LogP contribution in [0.3, 0.4) is 0 Å². The summed E-state index contributed by atoms with van der Waals surface area (Å²) in [7, 11) is 3.40. The first kappa shape index (κ1) is 13.0. The molecule has 0 saturated carbocycles. The van der Waals surface area contributed by atoms with Gasteiger partial charge in [-0.2, -0.15) is 0 Å². The van der Waals surface area contributed by atoms with Crippen molar-refractivity contribution >= 4 is 32.3 Å². The third kappa shape index (κ3) is 1.81. The van der Waals surface area contributed by atoms with Crippen LogP contribution in [0.5, 0.6) is 11.5 Å². The summed E-state index contributed by atoms with van der Waals surface area (Å²) in [6, 6.07) is 21.1. The molecule has 2 nitrogen and oxygen atoms in total. The lowest BCUT2D eigenvalue weighted by molar-refractivity contribution is 0.410. The van der Waals surface area contributed by atoms with Crippen LogP contribution >= 0.6 is 0 Å². The Labute approximate surface area is 128 Å². The second kappa shape index (κ2) is 4.92. The van der Waals surface area contributed by atoms with E-state index in [9.17, 15) is 0 Å². The topological polar surface area (TPSA) is 18.5 Å². The molecule has 0 bridgehead atoms. The molecule has 0 heterocycles. The predicted molar refractivity (Wildman–Crippen MR) is 92.1 cm³/mol. The molecular formula is C20H16O2. The van der Waals surface area contributed by atoms with Gasteiger partial charge in [0.2, 0.25) is 0 Å². The highest BCUT2D eigenvalue weighted by Gasteiger charge is 2.10. The molecule has 2 heteroatoms. The quantitative estimate of drug-likeness (QED) is 0.374. The molecule has 4 aromatic carbocycles. The number of hydrogen-bond acceptors (Lipinski definition) is 2. The molecule has 0 aliphatic carbocycles. The number of benzene rings is 4. The van der Waals surface area contributed by atoms with Gasteiger partial charge < -0.3 is 9.47 Å². The normalized spacial score (nSPS) is 11.2. The van der Waals surface area contributed by atoms with Gasteiger partial charge in [0.15, 0.2) is 0 Å². The Morgan fingerprint density at radius 3 is 1.91 bits per heavy atom. The van der Waals surface area contributed by atoms with Crippen molar-refractivity contribution < 1.29 is 9.47 Å². The van der Waals surface area contributed by atoms with Gasteiger partial charge in [0.1, 0.15) is 11.5 Å². The van der Waals surface area contributed by atoms with Gasteiger partial charge in [-0.25, -0.2) is 0 Å². The molecular weight excluding hydrogens is 272 g/mol. The van der Waals surface area contributed by atoms with E-state index in [1.807, 2.05) is 12.1 Å². The summed E-state index contributed by atoms with van der Waals surface area (Å²) in [6.45, 7) is 0. The first-order valence-electron chi connectivity index (χ1n) is 7.28. The fourth-order valence-corrected chi connectivity index (χ4v) is 3.15. The maximum atomic E-state index is 5.53. The maximum absolute atomic E-state index is 5.53. The molecule has 0 aliphatic heterocycles. The van der Waals surface area contributed by atoms with Crippen molar-refractivity contribution in [3.05, 3.63) is 60.7 Å². The van der Waals surface area contributed by atoms with Crippen molar-refractivity contribution in [1.29, 1.82) is 0 Å². The minimum atomic E-state index is 0.866. The molecule has 0 unspecified atom stereocenters. The third-order valence-corrected chi connectivity index (χ3v) is 4.24. The Bertz CT molecular complexity index is 1000. The molecule has 4 rings (SSSR count). The van der Waals surface area contributed by atoms with Crippen LogP contribution in [-0.4, -0.2) is 14.2 Å². The minimum Gasteiger partial charge on any atom is -0.496 e. The first-order chi connectivity index (χ1) is 10.8. The SMILES string of the molecule is COc1ccc(OC)c2cc3c(ccc4ccccc43)cc12. The van der Waals surface area contributed by atoms with Crippen molar-refractivity contribution in [3.8, 4) is 11.5 Å². The van der Waals surface area contributed by atoms with E-state index in [0.29, 0.717) is 0 Å². The second-order valence-electron chi connectivity index (χ2n) is 5.38. The summed E-state index contributed by atoms with van der Waals surface area (Å²) >= 11 is 0. The van der Waals surface area contributed by atoms with Crippen LogP contribution in [0.1, 0.15) is 0 Å². The average molecular weight is 288 g/mol. The van der Waals surface area contributed by atoms with Gasteiger partial charge in [-0.1, -0.05) is 36.4 Å². The van der Waals surface area contributed by atoms with Crippen LogP contribution in [0.4, 0.5) is 0 Å². The van der Waals surface area contributed by atoms with Crippen LogP contribution < -0.4 is 9.47 Å². The standard InChI is InChI=1S/C20H16O2/c1-21-19-9-10-20(22-2)18-12-16-14(11-17(18)19)8-7-13-5-3-4-6-15(13)16/h3-12H,1-2H3. The zero-order valence-electron chi connectivity index (χ0n) is 12.6. The summed E-state index contributed by atoms with van der Waals surface area (Å²) in [5.74, 6) is 1.73. The lowest BCUT2D eigenvalue weighted by Gasteiger charge is -2.12. The molecule has 0 spiro atoms. The van der Waals surface area contributed by atoms with Crippen molar-refractivity contribution in [2.45, 2.75) is 0 Å². The number of fused-ring (bicyclic) bond motifs is 4. The molecule has 0 fully saturated rings. The zero-order valence-corrected chi connectivity index (χ0v) is 12.6. The van der Waals surface area contributed by atoms with E-state index in [-0.39, 0.29) is 0 Å². The van der Waals surface area contributed by atoms with Gasteiger partial charge >= 0.3 is 0 Å². The van der Waals surface area contributed by atoms with Gasteiger partial charge in [-0.05, 0) is 45.8 Å². The van der Waals surface area contributed by atoms with Crippen molar-refractivity contribution in [2.75, 3.05) is 14.2 Å². The number of hydrogen-bond donors (Lipinski definition) is 0. The summed E-state index contributed by atoms with van der Waals surface area (Å²) in [4.78, 5) is 0. The van der Waals surface area contributed by atoms with E-state index in [1.54, 1.807) is 14.2 Å².